The van der Waals surface area contributed by atoms with Gasteiger partial charge in [-0.3, -0.25) is 10.2 Å². The van der Waals surface area contributed by atoms with Gasteiger partial charge >= 0.3 is 6.18 Å². The smallest absolute Gasteiger partial charge is 0.416 e. The minimum absolute atomic E-state index is 0.190. The van der Waals surface area contributed by atoms with Gasteiger partial charge in [-0.2, -0.15) is 18.3 Å². The van der Waals surface area contributed by atoms with Crippen molar-refractivity contribution in [1.29, 1.82) is 0 Å². The monoisotopic (exact) mass is 419 g/mol. The Morgan fingerprint density at radius 2 is 1.93 bits per heavy atom. The molecule has 0 atom stereocenters. The van der Waals surface area contributed by atoms with Crippen molar-refractivity contribution < 1.29 is 22.4 Å². The Labute approximate surface area is 172 Å². The first-order chi connectivity index (χ1) is 14.3. The molecule has 0 unspecified atom stereocenters. The summed E-state index contributed by atoms with van der Waals surface area (Å²) in [4.78, 5) is 12.7. The first-order valence-corrected chi connectivity index (χ1v) is 10.3. The van der Waals surface area contributed by atoms with Gasteiger partial charge in [0.1, 0.15) is 5.76 Å². The summed E-state index contributed by atoms with van der Waals surface area (Å²) >= 11 is 0. The van der Waals surface area contributed by atoms with Gasteiger partial charge in [-0.25, -0.2) is 0 Å². The van der Waals surface area contributed by atoms with Gasteiger partial charge in [0.15, 0.2) is 5.76 Å². The van der Waals surface area contributed by atoms with Crippen molar-refractivity contribution >= 4 is 17.3 Å². The van der Waals surface area contributed by atoms with Crippen LogP contribution in [0.25, 0.3) is 0 Å². The standard InChI is InChI=1S/C22H24F3N3O2/c1-13-19-17(28-27-16-9-4-6-14(12-16)22(23,24)25)10-5-11-18(19)30-20(13)21(29)26-15-7-2-3-8-15/h4,6,9,12,15,27H,2-3,5,7-8,10-11H2,1H3,(H,26,29)/b28-17+. The van der Waals surface area contributed by atoms with E-state index in [-0.39, 0.29) is 17.6 Å². The molecule has 0 aliphatic heterocycles. The first-order valence-electron chi connectivity index (χ1n) is 10.3. The van der Waals surface area contributed by atoms with Crippen LogP contribution in [-0.4, -0.2) is 17.7 Å². The number of aryl methyl sites for hydroxylation is 1. The Kier molecular flexibility index (Phi) is 5.58. The van der Waals surface area contributed by atoms with Crippen LogP contribution in [0.3, 0.4) is 0 Å². The van der Waals surface area contributed by atoms with Crippen molar-refractivity contribution in [2.75, 3.05) is 5.43 Å². The normalized spacial score (nSPS) is 18.5. The largest absolute Gasteiger partial charge is 0.455 e. The maximum absolute atomic E-state index is 12.9. The van der Waals surface area contributed by atoms with Crippen LogP contribution in [0.2, 0.25) is 0 Å². The summed E-state index contributed by atoms with van der Waals surface area (Å²) < 4.78 is 44.7. The second-order valence-corrected chi connectivity index (χ2v) is 7.91. The average Bonchev–Trinajstić information content (AvgIpc) is 3.34. The summed E-state index contributed by atoms with van der Waals surface area (Å²) in [5.41, 5.74) is 4.46. The number of alkyl halides is 3. The fraction of sp³-hybridized carbons (Fsp3) is 0.455. The van der Waals surface area contributed by atoms with Crippen molar-refractivity contribution in [1.82, 2.24) is 5.32 Å². The molecular formula is C22H24F3N3O2. The fourth-order valence-corrected chi connectivity index (χ4v) is 4.21. The van der Waals surface area contributed by atoms with Gasteiger partial charge < -0.3 is 9.73 Å². The van der Waals surface area contributed by atoms with E-state index in [9.17, 15) is 18.0 Å². The molecule has 2 aromatic rings. The second kappa shape index (κ2) is 8.16. The van der Waals surface area contributed by atoms with Crippen molar-refractivity contribution in [3.8, 4) is 0 Å². The van der Waals surface area contributed by atoms with Crippen molar-refractivity contribution in [2.45, 2.75) is 64.1 Å². The molecule has 1 heterocycles. The highest BCUT2D eigenvalue weighted by Crippen LogP contribution is 2.32. The lowest BCUT2D eigenvalue weighted by atomic mass is 9.93. The van der Waals surface area contributed by atoms with Crippen LogP contribution in [-0.2, 0) is 12.6 Å². The number of benzene rings is 1. The first kappa shape index (κ1) is 20.5. The van der Waals surface area contributed by atoms with Crippen LogP contribution in [0.4, 0.5) is 18.9 Å². The van der Waals surface area contributed by atoms with Crippen LogP contribution in [0.5, 0.6) is 0 Å². The topological polar surface area (TPSA) is 66.6 Å². The summed E-state index contributed by atoms with van der Waals surface area (Å²) in [6, 6.07) is 5.11. The summed E-state index contributed by atoms with van der Waals surface area (Å²) in [5, 5.41) is 7.41. The Bertz CT molecular complexity index is 972. The third kappa shape index (κ3) is 4.22. The molecular weight excluding hydrogens is 395 g/mol. The van der Waals surface area contributed by atoms with Gasteiger partial charge in [0.05, 0.1) is 17.0 Å². The predicted octanol–water partition coefficient (Wildman–Crippen LogP) is 5.43. The van der Waals surface area contributed by atoms with E-state index < -0.39 is 11.7 Å². The molecule has 2 N–H and O–H groups in total. The van der Waals surface area contributed by atoms with Gasteiger partial charge in [-0.1, -0.05) is 18.9 Å². The zero-order valence-electron chi connectivity index (χ0n) is 16.7. The molecule has 1 amide bonds. The summed E-state index contributed by atoms with van der Waals surface area (Å²) in [6.45, 7) is 1.83. The zero-order chi connectivity index (χ0) is 21.3. The highest BCUT2D eigenvalue weighted by Gasteiger charge is 2.31. The molecule has 0 spiro atoms. The van der Waals surface area contributed by atoms with E-state index in [4.69, 9.17) is 4.42 Å². The lowest BCUT2D eigenvalue weighted by molar-refractivity contribution is -0.137. The lowest BCUT2D eigenvalue weighted by Gasteiger charge is -2.14. The molecule has 1 aromatic heterocycles. The van der Waals surface area contributed by atoms with Crippen LogP contribution >= 0.6 is 0 Å². The van der Waals surface area contributed by atoms with Crippen molar-refractivity contribution in [3.05, 3.63) is 52.5 Å². The number of hydrogen-bond acceptors (Lipinski definition) is 4. The van der Waals surface area contributed by atoms with E-state index in [0.717, 1.165) is 55.4 Å². The highest BCUT2D eigenvalue weighted by molar-refractivity contribution is 6.06. The minimum atomic E-state index is -4.41. The third-order valence-corrected chi connectivity index (χ3v) is 5.73. The molecule has 0 bridgehead atoms. The Morgan fingerprint density at radius 3 is 2.67 bits per heavy atom. The average molecular weight is 419 g/mol. The predicted molar refractivity (Wildman–Crippen MR) is 108 cm³/mol. The van der Waals surface area contributed by atoms with Crippen molar-refractivity contribution in [2.24, 2.45) is 5.10 Å². The van der Waals surface area contributed by atoms with Crippen LogP contribution in [0.15, 0.2) is 33.8 Å². The number of amides is 1. The second-order valence-electron chi connectivity index (χ2n) is 7.91. The summed E-state index contributed by atoms with van der Waals surface area (Å²) in [6.07, 6.45) is 1.96. The molecule has 30 heavy (non-hydrogen) atoms. The summed E-state index contributed by atoms with van der Waals surface area (Å²) in [5.74, 6) is 0.805. The van der Waals surface area contributed by atoms with E-state index >= 15 is 0 Å². The number of nitrogens with zero attached hydrogens (tertiary/aromatic N) is 1. The van der Waals surface area contributed by atoms with E-state index in [0.29, 0.717) is 30.1 Å². The van der Waals surface area contributed by atoms with E-state index in [1.165, 1.54) is 12.1 Å². The molecule has 0 saturated heterocycles. The van der Waals surface area contributed by atoms with Crippen LogP contribution < -0.4 is 10.7 Å². The Balaban J connectivity index is 1.56. The Hall–Kier alpha value is -2.77. The highest BCUT2D eigenvalue weighted by atomic mass is 19.4. The minimum Gasteiger partial charge on any atom is -0.455 e. The maximum Gasteiger partial charge on any atom is 0.416 e. The molecule has 1 saturated carbocycles. The fourth-order valence-electron chi connectivity index (χ4n) is 4.21. The number of fused-ring (bicyclic) bond motifs is 1. The number of hydrazone groups is 1. The molecule has 8 heteroatoms. The van der Waals surface area contributed by atoms with Gasteiger partial charge in [0.25, 0.3) is 5.91 Å². The number of carbonyl (C=O) groups excluding carboxylic acids is 1. The molecule has 4 rings (SSSR count). The number of hydrogen-bond donors (Lipinski definition) is 2. The number of rotatable bonds is 4. The molecule has 160 valence electrons. The molecule has 0 radical (unpaired) electrons. The maximum atomic E-state index is 12.9. The number of nitrogens with one attached hydrogen (secondary N) is 2. The lowest BCUT2D eigenvalue weighted by Crippen LogP contribution is -2.32. The van der Waals surface area contributed by atoms with Gasteiger partial charge in [0.2, 0.25) is 0 Å². The van der Waals surface area contributed by atoms with Gasteiger partial charge in [-0.05, 0) is 50.8 Å². The van der Waals surface area contributed by atoms with Crippen LogP contribution in [0, 0.1) is 6.92 Å². The molecule has 1 fully saturated rings. The Morgan fingerprint density at radius 1 is 1.17 bits per heavy atom. The zero-order valence-corrected chi connectivity index (χ0v) is 16.7. The molecule has 2 aliphatic rings. The van der Waals surface area contributed by atoms with E-state index in [1.54, 1.807) is 0 Å². The van der Waals surface area contributed by atoms with Crippen LogP contribution in [0.1, 0.15) is 71.5 Å². The molecule has 5 nitrogen and oxygen atoms in total. The number of furan rings is 1. The third-order valence-electron chi connectivity index (χ3n) is 5.73. The number of anilines is 1. The van der Waals surface area contributed by atoms with Crippen molar-refractivity contribution in [3.63, 3.8) is 0 Å². The molecule has 1 aromatic carbocycles. The van der Waals surface area contributed by atoms with E-state index in [1.807, 2.05) is 6.92 Å². The summed E-state index contributed by atoms with van der Waals surface area (Å²) in [7, 11) is 0. The quantitative estimate of drug-likeness (QED) is 0.650. The molecule has 2 aliphatic carbocycles. The van der Waals surface area contributed by atoms with Gasteiger partial charge in [-0.15, -0.1) is 0 Å². The number of carbonyl (C=O) groups is 1. The van der Waals surface area contributed by atoms with E-state index in [2.05, 4.69) is 15.8 Å². The SMILES string of the molecule is Cc1c(C(=O)NC2CCCC2)oc2c1/C(=N/Nc1cccc(C(F)(F)F)c1)CCC2. The number of halogens is 3. The van der Waals surface area contributed by atoms with Gasteiger partial charge in [0, 0.05) is 23.6 Å².